The number of halogens is 1. The summed E-state index contributed by atoms with van der Waals surface area (Å²) in [5, 5.41) is 0.659. The van der Waals surface area contributed by atoms with Crippen molar-refractivity contribution in [1.82, 2.24) is 9.88 Å². The quantitative estimate of drug-likeness (QED) is 0.552. The van der Waals surface area contributed by atoms with Gasteiger partial charge < -0.3 is 9.15 Å². The zero-order chi connectivity index (χ0) is 19.3. The van der Waals surface area contributed by atoms with Crippen LogP contribution in [0.4, 0.5) is 0 Å². The van der Waals surface area contributed by atoms with Crippen molar-refractivity contribution in [3.63, 3.8) is 0 Å². The summed E-state index contributed by atoms with van der Waals surface area (Å²) >= 11 is 6.28. The van der Waals surface area contributed by atoms with Crippen LogP contribution in [-0.4, -0.2) is 29.1 Å². The van der Waals surface area contributed by atoms with Crippen molar-refractivity contribution in [2.24, 2.45) is 0 Å². The molecule has 0 saturated carbocycles. The molecule has 1 aliphatic heterocycles. The normalized spacial score (nSPS) is 15.8. The van der Waals surface area contributed by atoms with E-state index in [1.165, 1.54) is 5.56 Å². The van der Waals surface area contributed by atoms with Gasteiger partial charge in [-0.05, 0) is 37.5 Å². The first kappa shape index (κ1) is 19.2. The Kier molecular flexibility index (Phi) is 6.10. The summed E-state index contributed by atoms with van der Waals surface area (Å²) in [4.78, 5) is 7.13. The van der Waals surface area contributed by atoms with E-state index in [9.17, 15) is 0 Å². The van der Waals surface area contributed by atoms with Crippen LogP contribution in [0, 0.1) is 6.92 Å². The second kappa shape index (κ2) is 8.91. The largest absolute Gasteiger partial charge is 0.441 e. The summed E-state index contributed by atoms with van der Waals surface area (Å²) < 4.78 is 12.0. The highest BCUT2D eigenvalue weighted by molar-refractivity contribution is 6.33. The van der Waals surface area contributed by atoms with E-state index >= 15 is 0 Å². The fraction of sp³-hybridized carbons (Fsp3) is 0.348. The van der Waals surface area contributed by atoms with Crippen LogP contribution in [-0.2, 0) is 17.9 Å². The molecule has 0 aliphatic carbocycles. The molecule has 146 valence electrons. The summed E-state index contributed by atoms with van der Waals surface area (Å²) in [5.74, 6) is 1.46. The number of aryl methyl sites for hydroxylation is 1. The average Bonchev–Trinajstić information content (AvgIpc) is 3.08. The Morgan fingerprint density at radius 1 is 1.07 bits per heavy atom. The van der Waals surface area contributed by atoms with Crippen LogP contribution in [0.25, 0.3) is 11.5 Å². The first-order chi connectivity index (χ1) is 13.7. The number of aromatic nitrogens is 1. The monoisotopic (exact) mass is 396 g/mol. The highest BCUT2D eigenvalue weighted by Gasteiger charge is 2.22. The molecule has 0 N–H and O–H groups in total. The molecule has 1 saturated heterocycles. The third-order valence-electron chi connectivity index (χ3n) is 5.23. The van der Waals surface area contributed by atoms with E-state index in [4.69, 9.17) is 25.7 Å². The number of likely N-dealkylation sites (tertiary alicyclic amines) is 1. The van der Waals surface area contributed by atoms with Crippen LogP contribution in [0.15, 0.2) is 59.0 Å². The summed E-state index contributed by atoms with van der Waals surface area (Å²) in [6, 6.07) is 18.0. The van der Waals surface area contributed by atoms with E-state index < -0.39 is 0 Å². The SMILES string of the molecule is Cc1oc(-c2ccccc2Cl)nc1CN1CCC(OCc2ccccc2)CC1. The van der Waals surface area contributed by atoms with Gasteiger partial charge in [0.1, 0.15) is 5.76 Å². The lowest BCUT2D eigenvalue weighted by Gasteiger charge is -2.31. The zero-order valence-corrected chi connectivity index (χ0v) is 16.9. The Hall–Kier alpha value is -2.14. The maximum absolute atomic E-state index is 6.28. The molecule has 4 rings (SSSR count). The second-order valence-corrected chi connectivity index (χ2v) is 7.68. The Balaban J connectivity index is 1.31. The number of hydrogen-bond donors (Lipinski definition) is 0. The van der Waals surface area contributed by atoms with Gasteiger partial charge in [-0.25, -0.2) is 4.98 Å². The predicted molar refractivity (Wildman–Crippen MR) is 111 cm³/mol. The summed E-state index contributed by atoms with van der Waals surface area (Å²) in [6.45, 7) is 5.47. The molecule has 2 heterocycles. The molecular formula is C23H25ClN2O2. The molecule has 3 aromatic rings. The Morgan fingerprint density at radius 3 is 2.54 bits per heavy atom. The van der Waals surface area contributed by atoms with Crippen LogP contribution in [0.1, 0.15) is 29.9 Å². The smallest absolute Gasteiger partial charge is 0.228 e. The third-order valence-corrected chi connectivity index (χ3v) is 5.56. The van der Waals surface area contributed by atoms with Crippen molar-refractivity contribution < 1.29 is 9.15 Å². The Bertz CT molecular complexity index is 902. The molecule has 0 bridgehead atoms. The molecule has 0 spiro atoms. The van der Waals surface area contributed by atoms with Crippen molar-refractivity contribution in [2.45, 2.75) is 39.0 Å². The Labute approximate surface area is 171 Å². The van der Waals surface area contributed by atoms with E-state index in [0.717, 1.165) is 49.5 Å². The summed E-state index contributed by atoms with van der Waals surface area (Å²) in [5.41, 5.74) is 3.06. The minimum Gasteiger partial charge on any atom is -0.441 e. The molecule has 5 heteroatoms. The number of ether oxygens (including phenoxy) is 1. The first-order valence-electron chi connectivity index (χ1n) is 9.78. The summed E-state index contributed by atoms with van der Waals surface area (Å²) in [7, 11) is 0. The van der Waals surface area contributed by atoms with E-state index in [0.29, 0.717) is 23.6 Å². The van der Waals surface area contributed by atoms with E-state index in [2.05, 4.69) is 29.2 Å². The minimum atomic E-state index is 0.327. The number of nitrogens with zero attached hydrogens (tertiary/aromatic N) is 2. The number of piperidine rings is 1. The molecule has 0 unspecified atom stereocenters. The Morgan fingerprint density at radius 2 is 1.79 bits per heavy atom. The maximum Gasteiger partial charge on any atom is 0.228 e. The van der Waals surface area contributed by atoms with Gasteiger partial charge in [-0.3, -0.25) is 4.90 Å². The third kappa shape index (κ3) is 4.64. The lowest BCUT2D eigenvalue weighted by molar-refractivity contribution is -0.00418. The lowest BCUT2D eigenvalue weighted by atomic mass is 10.1. The van der Waals surface area contributed by atoms with Crippen LogP contribution in [0.2, 0.25) is 5.02 Å². The van der Waals surface area contributed by atoms with Gasteiger partial charge in [0, 0.05) is 19.6 Å². The van der Waals surface area contributed by atoms with Crippen molar-refractivity contribution in [1.29, 1.82) is 0 Å². The van der Waals surface area contributed by atoms with E-state index in [1.54, 1.807) is 0 Å². The van der Waals surface area contributed by atoms with Gasteiger partial charge in [0.15, 0.2) is 0 Å². The lowest BCUT2D eigenvalue weighted by Crippen LogP contribution is -2.36. The highest BCUT2D eigenvalue weighted by Crippen LogP contribution is 2.29. The fourth-order valence-electron chi connectivity index (χ4n) is 3.56. The standard InChI is InChI=1S/C23H25ClN2O2/c1-17-22(25-23(28-17)20-9-5-6-10-21(20)24)15-26-13-11-19(12-14-26)27-16-18-7-3-2-4-8-18/h2-10,19H,11-16H2,1H3. The molecule has 1 fully saturated rings. The van der Waals surface area contributed by atoms with Gasteiger partial charge in [0.25, 0.3) is 0 Å². The molecule has 0 amide bonds. The van der Waals surface area contributed by atoms with Crippen molar-refractivity contribution >= 4 is 11.6 Å². The molecule has 2 aromatic carbocycles. The number of rotatable bonds is 6. The molecule has 1 aromatic heterocycles. The molecular weight excluding hydrogens is 372 g/mol. The maximum atomic E-state index is 6.28. The molecule has 0 radical (unpaired) electrons. The molecule has 1 aliphatic rings. The van der Waals surface area contributed by atoms with Crippen molar-refractivity contribution in [2.75, 3.05) is 13.1 Å². The van der Waals surface area contributed by atoms with E-state index in [-0.39, 0.29) is 0 Å². The predicted octanol–water partition coefficient (Wildman–Crippen LogP) is 5.48. The first-order valence-corrected chi connectivity index (χ1v) is 10.2. The van der Waals surface area contributed by atoms with Gasteiger partial charge in [-0.15, -0.1) is 0 Å². The number of benzene rings is 2. The average molecular weight is 397 g/mol. The fourth-order valence-corrected chi connectivity index (χ4v) is 3.78. The zero-order valence-electron chi connectivity index (χ0n) is 16.1. The minimum absolute atomic E-state index is 0.327. The van der Waals surface area contributed by atoms with Crippen molar-refractivity contribution in [3.8, 4) is 11.5 Å². The van der Waals surface area contributed by atoms with Crippen LogP contribution in [0.3, 0.4) is 0 Å². The molecule has 0 atom stereocenters. The molecule has 4 nitrogen and oxygen atoms in total. The highest BCUT2D eigenvalue weighted by atomic mass is 35.5. The van der Waals surface area contributed by atoms with Gasteiger partial charge in [0.05, 0.1) is 29.0 Å². The van der Waals surface area contributed by atoms with Gasteiger partial charge >= 0.3 is 0 Å². The van der Waals surface area contributed by atoms with E-state index in [1.807, 2.05) is 37.3 Å². The van der Waals surface area contributed by atoms with Crippen LogP contribution < -0.4 is 0 Å². The van der Waals surface area contributed by atoms with Gasteiger partial charge in [0.2, 0.25) is 5.89 Å². The molecule has 28 heavy (non-hydrogen) atoms. The van der Waals surface area contributed by atoms with Crippen LogP contribution in [0.5, 0.6) is 0 Å². The van der Waals surface area contributed by atoms with Crippen LogP contribution >= 0.6 is 11.6 Å². The topological polar surface area (TPSA) is 38.5 Å². The summed E-state index contributed by atoms with van der Waals surface area (Å²) in [6.07, 6.45) is 2.41. The number of hydrogen-bond acceptors (Lipinski definition) is 4. The van der Waals surface area contributed by atoms with Crippen molar-refractivity contribution in [3.05, 3.63) is 76.6 Å². The second-order valence-electron chi connectivity index (χ2n) is 7.27. The van der Waals surface area contributed by atoms with Gasteiger partial charge in [-0.2, -0.15) is 0 Å². The number of oxazole rings is 1. The van der Waals surface area contributed by atoms with Gasteiger partial charge in [-0.1, -0.05) is 54.1 Å².